The summed E-state index contributed by atoms with van der Waals surface area (Å²) in [6.07, 6.45) is -1.01. The van der Waals surface area contributed by atoms with Gasteiger partial charge in [-0.05, 0) is 73.7 Å². The van der Waals surface area contributed by atoms with Gasteiger partial charge in [0, 0.05) is 17.5 Å². The zero-order chi connectivity index (χ0) is 22.3. The summed E-state index contributed by atoms with van der Waals surface area (Å²) in [6.45, 7) is 1.35. The molecule has 168 valence electrons. The zero-order valence-electron chi connectivity index (χ0n) is 17.2. The van der Waals surface area contributed by atoms with Crippen molar-refractivity contribution in [2.75, 3.05) is 0 Å². The molecule has 1 fully saturated rings. The number of aromatic nitrogens is 3. The second-order valence-electron chi connectivity index (χ2n) is 8.30. The molecule has 1 aliphatic heterocycles. The average Bonchev–Trinajstić information content (AvgIpc) is 3.09. The summed E-state index contributed by atoms with van der Waals surface area (Å²) in [5.41, 5.74) is 1.49. The molecule has 0 unspecified atom stereocenters. The fourth-order valence-corrected chi connectivity index (χ4v) is 4.74. The number of halogens is 4. The molecular formula is C23H22ClF3N4O. The van der Waals surface area contributed by atoms with Crippen molar-refractivity contribution >= 4 is 11.6 Å². The van der Waals surface area contributed by atoms with Gasteiger partial charge in [-0.2, -0.15) is 13.2 Å². The van der Waals surface area contributed by atoms with Crippen molar-refractivity contribution in [2.24, 2.45) is 0 Å². The molecule has 9 heteroatoms. The molecule has 0 spiro atoms. The van der Waals surface area contributed by atoms with Crippen molar-refractivity contribution in [3.63, 3.8) is 0 Å². The van der Waals surface area contributed by atoms with Crippen LogP contribution in [0.2, 0.25) is 5.02 Å². The van der Waals surface area contributed by atoms with Gasteiger partial charge >= 0.3 is 6.18 Å². The smallest absolute Gasteiger partial charge is 0.416 e. The van der Waals surface area contributed by atoms with Crippen LogP contribution in [0.3, 0.4) is 0 Å². The molecule has 0 bridgehead atoms. The van der Waals surface area contributed by atoms with Crippen LogP contribution in [0.4, 0.5) is 13.2 Å². The third-order valence-electron chi connectivity index (χ3n) is 6.16. The highest BCUT2D eigenvalue weighted by Gasteiger charge is 2.31. The van der Waals surface area contributed by atoms with Crippen LogP contribution in [-0.4, -0.2) is 20.9 Å². The summed E-state index contributed by atoms with van der Waals surface area (Å²) in [4.78, 5) is 0. The number of fused-ring (bicyclic) bond motifs is 3. The van der Waals surface area contributed by atoms with Gasteiger partial charge in [0.05, 0.1) is 23.9 Å². The Labute approximate surface area is 188 Å². The van der Waals surface area contributed by atoms with E-state index in [1.165, 1.54) is 12.1 Å². The van der Waals surface area contributed by atoms with Crippen LogP contribution >= 0.6 is 11.6 Å². The van der Waals surface area contributed by atoms with Gasteiger partial charge in [0.25, 0.3) is 0 Å². The van der Waals surface area contributed by atoms with Gasteiger partial charge in [-0.15, -0.1) is 10.2 Å². The number of benzene rings is 2. The SMILES string of the molecule is FC(F)(F)c1ccc(O[C@H]2CC[C@H](c3nnc4n3-c3ccc(Cl)cc3CNC4)CC2)cc1. The number of alkyl halides is 3. The molecule has 0 radical (unpaired) electrons. The van der Waals surface area contributed by atoms with Crippen LogP contribution in [0.1, 0.15) is 54.4 Å². The highest BCUT2D eigenvalue weighted by Crippen LogP contribution is 2.37. The number of hydrogen-bond acceptors (Lipinski definition) is 4. The average molecular weight is 463 g/mol. The largest absolute Gasteiger partial charge is 0.490 e. The van der Waals surface area contributed by atoms with Crippen molar-refractivity contribution in [2.45, 2.75) is 57.0 Å². The molecule has 0 amide bonds. The molecule has 2 aliphatic rings. The summed E-state index contributed by atoms with van der Waals surface area (Å²) < 4.78 is 46.3. The predicted octanol–water partition coefficient (Wildman–Crippen LogP) is 5.65. The molecule has 2 heterocycles. The van der Waals surface area contributed by atoms with E-state index in [9.17, 15) is 13.2 Å². The third kappa shape index (κ3) is 4.21. The van der Waals surface area contributed by atoms with E-state index >= 15 is 0 Å². The Bertz CT molecular complexity index is 1110. The Hall–Kier alpha value is -2.58. The first-order valence-corrected chi connectivity index (χ1v) is 11.0. The van der Waals surface area contributed by atoms with Crippen molar-refractivity contribution in [1.82, 2.24) is 20.1 Å². The van der Waals surface area contributed by atoms with Gasteiger partial charge in [0.15, 0.2) is 5.82 Å². The number of ether oxygens (including phenoxy) is 1. The second kappa shape index (κ2) is 8.41. The summed E-state index contributed by atoms with van der Waals surface area (Å²) in [5, 5.41) is 13.0. The minimum absolute atomic E-state index is 0.0257. The molecule has 0 atom stereocenters. The zero-order valence-corrected chi connectivity index (χ0v) is 18.0. The monoisotopic (exact) mass is 462 g/mol. The van der Waals surface area contributed by atoms with E-state index in [0.29, 0.717) is 23.9 Å². The molecule has 5 nitrogen and oxygen atoms in total. The first-order valence-electron chi connectivity index (χ1n) is 10.7. The molecule has 2 aromatic carbocycles. The van der Waals surface area contributed by atoms with Crippen molar-refractivity contribution < 1.29 is 17.9 Å². The van der Waals surface area contributed by atoms with E-state index < -0.39 is 11.7 Å². The maximum Gasteiger partial charge on any atom is 0.416 e. The molecule has 1 saturated carbocycles. The number of nitrogens with zero attached hydrogens (tertiary/aromatic N) is 3. The standard InChI is InChI=1S/C23H22ClF3N4O/c24-17-5-10-20-15(11-17)12-28-13-21-29-30-22(31(20)21)14-1-6-18(7-2-14)32-19-8-3-16(4-9-19)23(25,26)27/h3-5,8-11,14,18,28H,1-2,6-7,12-13H2/t14-,18-. The van der Waals surface area contributed by atoms with Crippen LogP contribution in [0.15, 0.2) is 42.5 Å². The topological polar surface area (TPSA) is 52.0 Å². The second-order valence-corrected chi connectivity index (χ2v) is 8.74. The molecule has 1 aromatic heterocycles. The van der Waals surface area contributed by atoms with Gasteiger partial charge < -0.3 is 10.1 Å². The van der Waals surface area contributed by atoms with Crippen molar-refractivity contribution in [1.29, 1.82) is 0 Å². The molecule has 1 aliphatic carbocycles. The molecule has 3 aromatic rings. The maximum atomic E-state index is 12.7. The summed E-state index contributed by atoms with van der Waals surface area (Å²) in [5.74, 6) is 2.53. The van der Waals surface area contributed by atoms with E-state index in [1.807, 2.05) is 18.2 Å². The quantitative estimate of drug-likeness (QED) is 0.546. The van der Waals surface area contributed by atoms with Crippen LogP contribution in [-0.2, 0) is 19.3 Å². The van der Waals surface area contributed by atoms with Crippen LogP contribution in [0.5, 0.6) is 5.75 Å². The Kier molecular flexibility index (Phi) is 5.59. The lowest BCUT2D eigenvalue weighted by Crippen LogP contribution is -2.25. The van der Waals surface area contributed by atoms with Crippen LogP contribution in [0.25, 0.3) is 5.69 Å². The van der Waals surface area contributed by atoms with Gasteiger partial charge in [-0.1, -0.05) is 11.6 Å². The molecular weight excluding hydrogens is 441 g/mol. The van der Waals surface area contributed by atoms with Gasteiger partial charge in [-0.25, -0.2) is 0 Å². The molecule has 1 N–H and O–H groups in total. The Morgan fingerprint density at radius 1 is 0.969 bits per heavy atom. The number of nitrogens with one attached hydrogen (secondary N) is 1. The van der Waals surface area contributed by atoms with E-state index in [4.69, 9.17) is 16.3 Å². The predicted molar refractivity (Wildman–Crippen MR) is 114 cm³/mol. The van der Waals surface area contributed by atoms with Gasteiger partial charge in [0.1, 0.15) is 11.6 Å². The molecule has 5 rings (SSSR count). The van der Waals surface area contributed by atoms with E-state index in [0.717, 1.165) is 60.7 Å². The highest BCUT2D eigenvalue weighted by atomic mass is 35.5. The molecule has 32 heavy (non-hydrogen) atoms. The first kappa shape index (κ1) is 21.3. The van der Waals surface area contributed by atoms with Crippen LogP contribution in [0, 0.1) is 0 Å². The van der Waals surface area contributed by atoms with E-state index in [-0.39, 0.29) is 12.0 Å². The first-order chi connectivity index (χ1) is 15.4. The molecule has 0 saturated heterocycles. The fourth-order valence-electron chi connectivity index (χ4n) is 4.55. The summed E-state index contributed by atoms with van der Waals surface area (Å²) in [7, 11) is 0. The lowest BCUT2D eigenvalue weighted by Gasteiger charge is -2.29. The van der Waals surface area contributed by atoms with E-state index in [1.54, 1.807) is 0 Å². The normalized spacial score (nSPS) is 20.9. The lowest BCUT2D eigenvalue weighted by molar-refractivity contribution is -0.137. The van der Waals surface area contributed by atoms with Gasteiger partial charge in [-0.3, -0.25) is 4.57 Å². The Balaban J connectivity index is 1.29. The van der Waals surface area contributed by atoms with E-state index in [2.05, 4.69) is 20.1 Å². The minimum atomic E-state index is -4.34. The highest BCUT2D eigenvalue weighted by molar-refractivity contribution is 6.30. The van der Waals surface area contributed by atoms with Crippen molar-refractivity contribution in [3.05, 3.63) is 70.3 Å². The Morgan fingerprint density at radius 3 is 2.44 bits per heavy atom. The van der Waals surface area contributed by atoms with Crippen molar-refractivity contribution in [3.8, 4) is 11.4 Å². The lowest BCUT2D eigenvalue weighted by atomic mass is 9.86. The summed E-state index contributed by atoms with van der Waals surface area (Å²) in [6, 6.07) is 10.8. The van der Waals surface area contributed by atoms with Gasteiger partial charge in [0.2, 0.25) is 0 Å². The minimum Gasteiger partial charge on any atom is -0.490 e. The number of rotatable bonds is 3. The maximum absolute atomic E-state index is 12.7. The Morgan fingerprint density at radius 2 is 1.72 bits per heavy atom. The number of hydrogen-bond donors (Lipinski definition) is 1. The fraction of sp³-hybridized carbons (Fsp3) is 0.391. The van der Waals surface area contributed by atoms with Crippen LogP contribution < -0.4 is 10.1 Å². The third-order valence-corrected chi connectivity index (χ3v) is 6.39. The summed E-state index contributed by atoms with van der Waals surface area (Å²) >= 11 is 6.19.